The van der Waals surface area contributed by atoms with Crippen molar-refractivity contribution in [1.29, 1.82) is 0 Å². The van der Waals surface area contributed by atoms with Crippen molar-refractivity contribution in [2.45, 2.75) is 33.4 Å². The summed E-state index contributed by atoms with van der Waals surface area (Å²) in [6, 6.07) is 0. The average molecular weight is 350 g/mol. The van der Waals surface area contributed by atoms with Gasteiger partial charge in [-0.05, 0) is 26.3 Å². The van der Waals surface area contributed by atoms with Crippen molar-refractivity contribution in [1.82, 2.24) is 14.9 Å². The summed E-state index contributed by atoms with van der Waals surface area (Å²) in [7, 11) is 1.73. The Morgan fingerprint density at radius 1 is 1.29 bits per heavy atom. The van der Waals surface area contributed by atoms with E-state index in [9.17, 15) is 0 Å². The van der Waals surface area contributed by atoms with E-state index in [0.717, 1.165) is 61.3 Å². The zero-order valence-electron chi connectivity index (χ0n) is 14.9. The van der Waals surface area contributed by atoms with Gasteiger partial charge >= 0.3 is 0 Å². The number of nitrogens with zero attached hydrogens (tertiary/aromatic N) is 3. The number of hydrogen-bond acceptors (Lipinski definition) is 7. The highest BCUT2D eigenvalue weighted by molar-refractivity contribution is 7.18. The van der Waals surface area contributed by atoms with Gasteiger partial charge in [0.1, 0.15) is 16.5 Å². The Bertz CT molecular complexity index is 697. The SMILES string of the molecule is COC(C)CNc1nc(CN2CCOCC2)nc2sc(C)c(C)c12. The van der Waals surface area contributed by atoms with Gasteiger partial charge in [0, 0.05) is 31.6 Å². The Morgan fingerprint density at radius 2 is 2.04 bits per heavy atom. The van der Waals surface area contributed by atoms with Crippen molar-refractivity contribution < 1.29 is 9.47 Å². The summed E-state index contributed by atoms with van der Waals surface area (Å²) < 4.78 is 10.8. The maximum atomic E-state index is 5.42. The predicted octanol–water partition coefficient (Wildman–Crippen LogP) is 2.59. The number of aromatic nitrogens is 2. The first-order valence-corrected chi connectivity index (χ1v) is 9.23. The Hall–Kier alpha value is -1.28. The molecule has 0 saturated carbocycles. The van der Waals surface area contributed by atoms with Crippen LogP contribution in [0.3, 0.4) is 0 Å². The molecule has 0 spiro atoms. The summed E-state index contributed by atoms with van der Waals surface area (Å²) in [6.45, 7) is 11.3. The molecular formula is C17H26N4O2S. The second kappa shape index (κ2) is 7.74. The zero-order chi connectivity index (χ0) is 17.1. The molecule has 24 heavy (non-hydrogen) atoms. The molecule has 1 fully saturated rings. The van der Waals surface area contributed by atoms with E-state index >= 15 is 0 Å². The largest absolute Gasteiger partial charge is 0.380 e. The fourth-order valence-corrected chi connectivity index (χ4v) is 3.82. The van der Waals surface area contributed by atoms with Crippen LogP contribution in [0.25, 0.3) is 10.2 Å². The van der Waals surface area contributed by atoms with E-state index in [1.54, 1.807) is 18.4 Å². The van der Waals surface area contributed by atoms with Crippen molar-refractivity contribution in [3.05, 3.63) is 16.3 Å². The number of hydrogen-bond donors (Lipinski definition) is 1. The maximum Gasteiger partial charge on any atom is 0.146 e. The molecule has 1 unspecified atom stereocenters. The first-order chi connectivity index (χ1) is 11.6. The lowest BCUT2D eigenvalue weighted by Gasteiger charge is -2.25. The van der Waals surface area contributed by atoms with E-state index in [1.165, 1.54) is 10.4 Å². The van der Waals surface area contributed by atoms with Crippen LogP contribution < -0.4 is 5.32 Å². The second-order valence-corrected chi connectivity index (χ2v) is 7.47. The number of anilines is 1. The number of morpholine rings is 1. The van der Waals surface area contributed by atoms with Crippen LogP contribution in [0, 0.1) is 13.8 Å². The van der Waals surface area contributed by atoms with Crippen LogP contribution in [0.15, 0.2) is 0 Å². The number of fused-ring (bicyclic) bond motifs is 1. The summed E-state index contributed by atoms with van der Waals surface area (Å²) in [6.07, 6.45) is 0.137. The number of aryl methyl sites for hydroxylation is 2. The molecule has 0 aromatic carbocycles. The Kier molecular flexibility index (Phi) is 5.65. The van der Waals surface area contributed by atoms with Gasteiger partial charge in [-0.2, -0.15) is 0 Å². The number of methoxy groups -OCH3 is 1. The molecule has 2 aromatic heterocycles. The normalized spacial score (nSPS) is 17.3. The molecular weight excluding hydrogens is 324 g/mol. The molecule has 1 atom stereocenters. The van der Waals surface area contributed by atoms with Gasteiger partial charge in [-0.1, -0.05) is 0 Å². The van der Waals surface area contributed by atoms with Gasteiger partial charge in [-0.15, -0.1) is 11.3 Å². The van der Waals surface area contributed by atoms with Crippen LogP contribution in [0.1, 0.15) is 23.2 Å². The first-order valence-electron chi connectivity index (χ1n) is 8.42. The summed E-state index contributed by atoms with van der Waals surface area (Å²) in [4.78, 5) is 14.3. The second-order valence-electron chi connectivity index (χ2n) is 6.27. The predicted molar refractivity (Wildman–Crippen MR) is 97.9 cm³/mol. The van der Waals surface area contributed by atoms with Crippen LogP contribution in [0.5, 0.6) is 0 Å². The summed E-state index contributed by atoms with van der Waals surface area (Å²) >= 11 is 1.74. The molecule has 132 valence electrons. The van der Waals surface area contributed by atoms with E-state index in [0.29, 0.717) is 0 Å². The van der Waals surface area contributed by atoms with Crippen LogP contribution in [0.4, 0.5) is 5.82 Å². The van der Waals surface area contributed by atoms with Crippen LogP contribution in [-0.4, -0.2) is 60.9 Å². The third-order valence-corrected chi connectivity index (χ3v) is 5.60. The summed E-state index contributed by atoms with van der Waals surface area (Å²) in [5.74, 6) is 1.80. The van der Waals surface area contributed by atoms with Crippen LogP contribution in [0.2, 0.25) is 0 Å². The van der Waals surface area contributed by atoms with Crippen LogP contribution in [-0.2, 0) is 16.0 Å². The van der Waals surface area contributed by atoms with Gasteiger partial charge in [0.05, 0.1) is 31.2 Å². The van der Waals surface area contributed by atoms with Gasteiger partial charge in [0.2, 0.25) is 0 Å². The highest BCUT2D eigenvalue weighted by Gasteiger charge is 2.18. The Balaban J connectivity index is 1.89. The topological polar surface area (TPSA) is 59.5 Å². The van der Waals surface area contributed by atoms with Gasteiger partial charge in [-0.25, -0.2) is 9.97 Å². The minimum atomic E-state index is 0.137. The lowest BCUT2D eigenvalue weighted by Crippen LogP contribution is -2.36. The molecule has 0 bridgehead atoms. The van der Waals surface area contributed by atoms with E-state index in [2.05, 4.69) is 24.1 Å². The standard InChI is InChI=1S/C17H26N4O2S/c1-11(22-4)9-18-16-15-12(2)13(3)24-17(15)20-14(19-16)10-21-5-7-23-8-6-21/h11H,5-10H2,1-4H3,(H,18,19,20). The fourth-order valence-electron chi connectivity index (χ4n) is 2.78. The number of ether oxygens (including phenoxy) is 2. The monoisotopic (exact) mass is 350 g/mol. The number of nitrogens with one attached hydrogen (secondary N) is 1. The van der Waals surface area contributed by atoms with Gasteiger partial charge in [0.15, 0.2) is 0 Å². The quantitative estimate of drug-likeness (QED) is 0.864. The molecule has 1 aliphatic heterocycles. The minimum absolute atomic E-state index is 0.137. The molecule has 3 heterocycles. The molecule has 1 aliphatic rings. The molecule has 0 radical (unpaired) electrons. The lowest BCUT2D eigenvalue weighted by atomic mass is 10.2. The van der Waals surface area contributed by atoms with Crippen molar-refractivity contribution in [2.24, 2.45) is 0 Å². The summed E-state index contributed by atoms with van der Waals surface area (Å²) in [5, 5.41) is 4.60. The molecule has 2 aromatic rings. The zero-order valence-corrected chi connectivity index (χ0v) is 15.7. The fraction of sp³-hybridized carbons (Fsp3) is 0.647. The molecule has 3 rings (SSSR count). The molecule has 1 saturated heterocycles. The third-order valence-electron chi connectivity index (χ3n) is 4.50. The smallest absolute Gasteiger partial charge is 0.146 e. The van der Waals surface area contributed by atoms with Crippen molar-refractivity contribution >= 4 is 27.4 Å². The highest BCUT2D eigenvalue weighted by atomic mass is 32.1. The first kappa shape index (κ1) is 17.5. The number of rotatable bonds is 6. The van der Waals surface area contributed by atoms with E-state index < -0.39 is 0 Å². The van der Waals surface area contributed by atoms with Gasteiger partial charge in [-0.3, -0.25) is 4.90 Å². The van der Waals surface area contributed by atoms with E-state index in [1.807, 2.05) is 6.92 Å². The minimum Gasteiger partial charge on any atom is -0.380 e. The Labute approximate surface area is 147 Å². The van der Waals surface area contributed by atoms with Crippen molar-refractivity contribution in [3.8, 4) is 0 Å². The molecule has 1 N–H and O–H groups in total. The van der Waals surface area contributed by atoms with Crippen LogP contribution >= 0.6 is 11.3 Å². The van der Waals surface area contributed by atoms with E-state index in [4.69, 9.17) is 19.4 Å². The Morgan fingerprint density at radius 3 is 2.75 bits per heavy atom. The molecule has 7 heteroatoms. The maximum absolute atomic E-state index is 5.42. The molecule has 0 amide bonds. The van der Waals surface area contributed by atoms with Gasteiger partial charge in [0.25, 0.3) is 0 Å². The average Bonchev–Trinajstić information content (AvgIpc) is 2.87. The lowest BCUT2D eigenvalue weighted by molar-refractivity contribution is 0.0331. The van der Waals surface area contributed by atoms with Crippen molar-refractivity contribution in [3.63, 3.8) is 0 Å². The number of thiophene rings is 1. The molecule has 6 nitrogen and oxygen atoms in total. The van der Waals surface area contributed by atoms with E-state index in [-0.39, 0.29) is 6.10 Å². The highest BCUT2D eigenvalue weighted by Crippen LogP contribution is 2.33. The van der Waals surface area contributed by atoms with Crippen molar-refractivity contribution in [2.75, 3.05) is 45.3 Å². The summed E-state index contributed by atoms with van der Waals surface area (Å²) in [5.41, 5.74) is 1.26. The van der Waals surface area contributed by atoms with Gasteiger partial charge < -0.3 is 14.8 Å². The third kappa shape index (κ3) is 3.85. The molecule has 0 aliphatic carbocycles.